The summed E-state index contributed by atoms with van der Waals surface area (Å²) in [4.78, 5) is 11.2. The minimum Gasteiger partial charge on any atom is -0.478 e. The number of aliphatic carboxylic acids is 1. The highest BCUT2D eigenvalue weighted by atomic mass is 32.1. The van der Waals surface area contributed by atoms with Gasteiger partial charge in [-0.1, -0.05) is 13.0 Å². The first-order chi connectivity index (χ1) is 9.32. The quantitative estimate of drug-likeness (QED) is 0.842. The third kappa shape index (κ3) is 2.85. The summed E-state index contributed by atoms with van der Waals surface area (Å²) in [5.41, 5.74) is 0.180. The van der Waals surface area contributed by atoms with E-state index in [4.69, 9.17) is 5.11 Å². The van der Waals surface area contributed by atoms with Gasteiger partial charge in [0.05, 0.1) is 5.56 Å². The van der Waals surface area contributed by atoms with Gasteiger partial charge in [0.2, 0.25) is 0 Å². The minimum absolute atomic E-state index is 0.515. The molecule has 0 aliphatic rings. The Morgan fingerprint density at radius 2 is 2.10 bits per heavy atom. The number of rotatable bonds is 3. The summed E-state index contributed by atoms with van der Waals surface area (Å²) >= 11 is 1.17. The molecule has 2 nitrogen and oxygen atoms in total. The lowest BCUT2D eigenvalue weighted by atomic mass is 10.1. The van der Waals surface area contributed by atoms with Crippen molar-refractivity contribution in [2.75, 3.05) is 0 Å². The van der Waals surface area contributed by atoms with Crippen LogP contribution >= 0.6 is 11.3 Å². The Hall–Kier alpha value is -1.82. The number of hydrogen-bond acceptors (Lipinski definition) is 2. The zero-order chi connectivity index (χ0) is 14.9. The van der Waals surface area contributed by atoms with Crippen LogP contribution in [0.3, 0.4) is 0 Å². The van der Waals surface area contributed by atoms with E-state index in [2.05, 4.69) is 0 Å². The zero-order valence-corrected chi connectivity index (χ0v) is 11.3. The number of carboxylic acids is 1. The molecule has 0 bridgehead atoms. The Balaban J connectivity index is 2.59. The average molecular weight is 300 g/mol. The van der Waals surface area contributed by atoms with Gasteiger partial charge in [0, 0.05) is 15.7 Å². The molecule has 2 rings (SSSR count). The van der Waals surface area contributed by atoms with Crippen molar-refractivity contribution >= 4 is 33.5 Å². The Bertz CT molecular complexity index is 684. The van der Waals surface area contributed by atoms with Crippen LogP contribution in [0, 0.1) is 0 Å². The van der Waals surface area contributed by atoms with Crippen molar-refractivity contribution in [1.29, 1.82) is 0 Å². The van der Waals surface area contributed by atoms with E-state index in [0.29, 0.717) is 16.0 Å². The summed E-state index contributed by atoms with van der Waals surface area (Å²) < 4.78 is 38.5. The number of aryl methyl sites for hydroxylation is 1. The fourth-order valence-electron chi connectivity index (χ4n) is 1.99. The highest BCUT2D eigenvalue weighted by Crippen LogP contribution is 2.37. The van der Waals surface area contributed by atoms with Crippen LogP contribution in [0.25, 0.3) is 16.2 Å². The molecule has 0 spiro atoms. The lowest BCUT2D eigenvalue weighted by Crippen LogP contribution is -2.03. The van der Waals surface area contributed by atoms with Crippen molar-refractivity contribution in [2.45, 2.75) is 19.5 Å². The molecule has 1 aromatic heterocycles. The van der Waals surface area contributed by atoms with Crippen molar-refractivity contribution in [3.05, 3.63) is 40.3 Å². The Morgan fingerprint density at radius 1 is 1.40 bits per heavy atom. The van der Waals surface area contributed by atoms with Crippen molar-refractivity contribution < 1.29 is 23.1 Å². The van der Waals surface area contributed by atoms with Crippen LogP contribution in [-0.2, 0) is 17.4 Å². The van der Waals surface area contributed by atoms with Gasteiger partial charge < -0.3 is 5.11 Å². The molecule has 20 heavy (non-hydrogen) atoms. The van der Waals surface area contributed by atoms with Crippen molar-refractivity contribution in [1.82, 2.24) is 0 Å². The number of benzene rings is 1. The van der Waals surface area contributed by atoms with Crippen molar-refractivity contribution in [3.8, 4) is 0 Å². The molecule has 0 fully saturated rings. The van der Waals surface area contributed by atoms with E-state index in [1.54, 1.807) is 0 Å². The third-order valence-electron chi connectivity index (χ3n) is 2.88. The largest absolute Gasteiger partial charge is 0.478 e. The molecule has 0 atom stereocenters. The molecule has 106 valence electrons. The van der Waals surface area contributed by atoms with Gasteiger partial charge in [-0.25, -0.2) is 4.79 Å². The highest BCUT2D eigenvalue weighted by Gasteiger charge is 2.30. The molecule has 0 saturated heterocycles. The van der Waals surface area contributed by atoms with Crippen LogP contribution in [0.1, 0.15) is 22.9 Å². The topological polar surface area (TPSA) is 37.3 Å². The first kappa shape index (κ1) is 14.6. The lowest BCUT2D eigenvalue weighted by molar-refractivity contribution is -0.137. The van der Waals surface area contributed by atoms with E-state index in [9.17, 15) is 18.0 Å². The normalized spacial score (nSPS) is 12.4. The van der Waals surface area contributed by atoms with Crippen LogP contribution in [0.15, 0.2) is 24.3 Å². The summed E-state index contributed by atoms with van der Waals surface area (Å²) in [5, 5.41) is 9.38. The van der Waals surface area contributed by atoms with Crippen molar-refractivity contribution in [2.24, 2.45) is 0 Å². The number of carbonyl (C=O) groups is 1. The Morgan fingerprint density at radius 3 is 2.65 bits per heavy atom. The van der Waals surface area contributed by atoms with E-state index < -0.39 is 17.7 Å². The molecule has 1 heterocycles. The van der Waals surface area contributed by atoms with E-state index in [1.165, 1.54) is 23.5 Å². The molecule has 0 saturated carbocycles. The number of hydrogen-bond donors (Lipinski definition) is 1. The Labute approximate surface area is 117 Å². The van der Waals surface area contributed by atoms with Gasteiger partial charge in [-0.2, -0.15) is 13.2 Å². The highest BCUT2D eigenvalue weighted by molar-refractivity contribution is 7.20. The van der Waals surface area contributed by atoms with Crippen LogP contribution in [0.5, 0.6) is 0 Å². The minimum atomic E-state index is -4.37. The van der Waals surface area contributed by atoms with E-state index in [-0.39, 0.29) is 0 Å². The second kappa shape index (κ2) is 5.28. The second-order valence-corrected chi connectivity index (χ2v) is 5.26. The average Bonchev–Trinajstić information content (AvgIpc) is 2.71. The van der Waals surface area contributed by atoms with Crippen LogP contribution in [0.4, 0.5) is 13.2 Å². The van der Waals surface area contributed by atoms with E-state index in [0.717, 1.165) is 29.2 Å². The predicted molar refractivity (Wildman–Crippen MR) is 72.9 cm³/mol. The van der Waals surface area contributed by atoms with Crippen LogP contribution in [0.2, 0.25) is 0 Å². The number of fused-ring (bicyclic) bond motifs is 1. The fourth-order valence-corrected chi connectivity index (χ4v) is 3.23. The summed E-state index contributed by atoms with van der Waals surface area (Å²) in [6.07, 6.45) is -1.32. The maximum absolute atomic E-state index is 12.7. The van der Waals surface area contributed by atoms with Crippen molar-refractivity contribution in [3.63, 3.8) is 0 Å². The summed E-state index contributed by atoms with van der Waals surface area (Å²) in [5.74, 6) is -1.08. The molecule has 1 aromatic carbocycles. The number of halogens is 3. The monoisotopic (exact) mass is 300 g/mol. The zero-order valence-electron chi connectivity index (χ0n) is 10.5. The smallest absolute Gasteiger partial charge is 0.416 e. The standard InChI is InChI=1S/C14H11F3O2S/c1-2-9-10-4-3-8(14(15,16)17)7-12(10)20-11(9)5-6-13(18)19/h3-7H,2H2,1H3,(H,18,19)/b6-5+. The Kier molecular flexibility index (Phi) is 3.85. The maximum atomic E-state index is 12.7. The van der Waals surface area contributed by atoms with Gasteiger partial charge in [-0.3, -0.25) is 0 Å². The van der Waals surface area contributed by atoms with Gasteiger partial charge in [-0.05, 0) is 35.6 Å². The number of alkyl halides is 3. The molecule has 1 N–H and O–H groups in total. The fraction of sp³-hybridized carbons (Fsp3) is 0.214. The number of thiophene rings is 1. The summed E-state index contributed by atoms with van der Waals surface area (Å²) in [6.45, 7) is 1.89. The SMILES string of the molecule is CCc1c(/C=C/C(=O)O)sc2cc(C(F)(F)F)ccc12. The predicted octanol–water partition coefficient (Wildman–Crippen LogP) is 4.58. The first-order valence-electron chi connectivity index (χ1n) is 5.86. The van der Waals surface area contributed by atoms with Gasteiger partial charge >= 0.3 is 12.1 Å². The molecule has 0 aliphatic heterocycles. The molecule has 0 radical (unpaired) electrons. The molecule has 0 aliphatic carbocycles. The van der Waals surface area contributed by atoms with Gasteiger partial charge in [-0.15, -0.1) is 11.3 Å². The maximum Gasteiger partial charge on any atom is 0.416 e. The van der Waals surface area contributed by atoms with E-state index in [1.807, 2.05) is 6.92 Å². The third-order valence-corrected chi connectivity index (χ3v) is 4.04. The molecular weight excluding hydrogens is 289 g/mol. The molecular formula is C14H11F3O2S. The molecule has 0 unspecified atom stereocenters. The molecule has 6 heteroatoms. The van der Waals surface area contributed by atoms with Gasteiger partial charge in [0.25, 0.3) is 0 Å². The second-order valence-electron chi connectivity index (χ2n) is 4.18. The first-order valence-corrected chi connectivity index (χ1v) is 6.68. The van der Waals surface area contributed by atoms with Gasteiger partial charge in [0.1, 0.15) is 0 Å². The van der Waals surface area contributed by atoms with E-state index >= 15 is 0 Å². The van der Waals surface area contributed by atoms with Gasteiger partial charge in [0.15, 0.2) is 0 Å². The van der Waals surface area contributed by atoms with Crippen LogP contribution < -0.4 is 0 Å². The molecule has 0 amide bonds. The summed E-state index contributed by atoms with van der Waals surface area (Å²) in [6, 6.07) is 3.61. The number of carboxylic acid groups (broad SMARTS) is 1. The summed E-state index contributed by atoms with van der Waals surface area (Å²) in [7, 11) is 0. The van der Waals surface area contributed by atoms with Crippen LogP contribution in [-0.4, -0.2) is 11.1 Å². The lowest BCUT2D eigenvalue weighted by Gasteiger charge is -2.06. The molecule has 2 aromatic rings.